The zero-order valence-corrected chi connectivity index (χ0v) is 10.5. The lowest BCUT2D eigenvalue weighted by atomic mass is 10.1. The van der Waals surface area contributed by atoms with Crippen LogP contribution in [0, 0.1) is 0 Å². The van der Waals surface area contributed by atoms with Crippen LogP contribution in [0.1, 0.15) is 30.7 Å². The fraction of sp³-hybridized carbons (Fsp3) is 0.333. The van der Waals surface area contributed by atoms with Gasteiger partial charge in [0.15, 0.2) is 0 Å². The minimum Gasteiger partial charge on any atom is -0.406 e. The summed E-state index contributed by atoms with van der Waals surface area (Å²) in [6.07, 6.45) is 0.941. The van der Waals surface area contributed by atoms with Crippen LogP contribution in [-0.4, -0.2) is 10.2 Å². The van der Waals surface area contributed by atoms with E-state index in [2.05, 4.69) is 28.5 Å². The van der Waals surface area contributed by atoms with Crippen LogP contribution in [0.2, 0.25) is 0 Å². The number of halogens is 1. The van der Waals surface area contributed by atoms with Crippen molar-refractivity contribution in [1.29, 1.82) is 0 Å². The molecule has 2 aromatic rings. The predicted octanol–water partition coefficient (Wildman–Crippen LogP) is 3.68. The average molecular weight is 252 g/mol. The molecule has 0 amide bonds. The highest BCUT2D eigenvalue weighted by atomic mass is 35.5. The molecule has 0 bridgehead atoms. The molecule has 1 aromatic heterocycles. The molecule has 1 unspecified atom stereocenters. The minimum absolute atomic E-state index is 0.278. The summed E-state index contributed by atoms with van der Waals surface area (Å²) in [6, 6.07) is 8.37. The lowest BCUT2D eigenvalue weighted by molar-refractivity contribution is 0.510. The largest absolute Gasteiger partial charge is 0.406 e. The third-order valence-electron chi connectivity index (χ3n) is 2.42. The zero-order chi connectivity index (χ0) is 12.3. The molecule has 1 aromatic carbocycles. The molecule has 0 saturated carbocycles. The maximum absolute atomic E-state index is 5.85. The predicted molar refractivity (Wildman–Crippen MR) is 67.7 cm³/mol. The van der Waals surface area contributed by atoms with Gasteiger partial charge in [-0.1, -0.05) is 30.2 Å². The number of para-hydroxylation sites is 1. The number of aromatic nitrogens is 2. The molecule has 1 N–H and O–H groups in total. The highest BCUT2D eigenvalue weighted by Gasteiger charge is 2.11. The van der Waals surface area contributed by atoms with E-state index >= 15 is 0 Å². The molecule has 0 aliphatic rings. The van der Waals surface area contributed by atoms with Gasteiger partial charge in [-0.15, -0.1) is 16.7 Å². The van der Waals surface area contributed by atoms with Crippen LogP contribution in [0.3, 0.4) is 0 Å². The first-order chi connectivity index (χ1) is 8.20. The molecule has 0 aliphatic carbocycles. The first-order valence-electron chi connectivity index (χ1n) is 5.53. The van der Waals surface area contributed by atoms with Crippen molar-refractivity contribution in [3.05, 3.63) is 35.7 Å². The highest BCUT2D eigenvalue weighted by Crippen LogP contribution is 2.23. The second-order valence-electron chi connectivity index (χ2n) is 3.70. The van der Waals surface area contributed by atoms with E-state index in [1.165, 1.54) is 5.56 Å². The molecule has 0 aliphatic heterocycles. The SMILES string of the molecule is CCc1ccccc1Nc1nnc(C(C)Cl)o1. The number of anilines is 2. The lowest BCUT2D eigenvalue weighted by Gasteiger charge is -2.06. The Hall–Kier alpha value is -1.55. The van der Waals surface area contributed by atoms with Gasteiger partial charge in [0, 0.05) is 5.69 Å². The highest BCUT2D eigenvalue weighted by molar-refractivity contribution is 6.20. The van der Waals surface area contributed by atoms with Gasteiger partial charge in [0.2, 0.25) is 5.89 Å². The maximum atomic E-state index is 5.85. The topological polar surface area (TPSA) is 51.0 Å². The molecule has 90 valence electrons. The Balaban J connectivity index is 2.19. The third kappa shape index (κ3) is 2.77. The number of rotatable bonds is 4. The second kappa shape index (κ2) is 5.19. The second-order valence-corrected chi connectivity index (χ2v) is 4.35. The van der Waals surface area contributed by atoms with Crippen molar-refractivity contribution >= 4 is 23.3 Å². The fourth-order valence-electron chi connectivity index (χ4n) is 1.51. The summed E-state index contributed by atoms with van der Waals surface area (Å²) in [7, 11) is 0. The van der Waals surface area contributed by atoms with Crippen molar-refractivity contribution in [3.63, 3.8) is 0 Å². The van der Waals surface area contributed by atoms with Gasteiger partial charge in [-0.3, -0.25) is 0 Å². The van der Waals surface area contributed by atoms with Gasteiger partial charge in [0.05, 0.1) is 0 Å². The standard InChI is InChI=1S/C12H14ClN3O/c1-3-9-6-4-5-7-10(9)14-12-16-15-11(17-12)8(2)13/h4-8H,3H2,1-2H3,(H,14,16). The van der Waals surface area contributed by atoms with Crippen LogP contribution in [0.4, 0.5) is 11.7 Å². The number of hydrogen-bond acceptors (Lipinski definition) is 4. The molecule has 0 saturated heterocycles. The Labute approximate surface area is 105 Å². The first-order valence-corrected chi connectivity index (χ1v) is 5.96. The van der Waals surface area contributed by atoms with Crippen molar-refractivity contribution in [3.8, 4) is 0 Å². The molecular weight excluding hydrogens is 238 g/mol. The summed E-state index contributed by atoms with van der Waals surface area (Å²) in [4.78, 5) is 0. The number of hydrogen-bond donors (Lipinski definition) is 1. The van der Waals surface area contributed by atoms with Crippen LogP contribution in [0.5, 0.6) is 0 Å². The fourth-order valence-corrected chi connectivity index (χ4v) is 1.60. The van der Waals surface area contributed by atoms with Gasteiger partial charge >= 0.3 is 6.01 Å². The van der Waals surface area contributed by atoms with Gasteiger partial charge in [-0.25, -0.2) is 0 Å². The first kappa shape index (κ1) is 11.9. The van der Waals surface area contributed by atoms with Crippen molar-refractivity contribution in [2.24, 2.45) is 0 Å². The molecule has 1 heterocycles. The summed E-state index contributed by atoms with van der Waals surface area (Å²) < 4.78 is 5.38. The van der Waals surface area contributed by atoms with Gasteiger partial charge in [-0.05, 0) is 25.0 Å². The zero-order valence-electron chi connectivity index (χ0n) is 9.77. The summed E-state index contributed by atoms with van der Waals surface area (Å²) in [5.74, 6) is 0.420. The Kier molecular flexibility index (Phi) is 3.64. The minimum atomic E-state index is -0.278. The number of aryl methyl sites for hydroxylation is 1. The Bertz CT molecular complexity index is 496. The van der Waals surface area contributed by atoms with E-state index in [4.69, 9.17) is 16.0 Å². The summed E-state index contributed by atoms with van der Waals surface area (Å²) >= 11 is 5.85. The Morgan fingerprint density at radius 3 is 2.76 bits per heavy atom. The van der Waals surface area contributed by atoms with E-state index < -0.39 is 0 Å². The smallest absolute Gasteiger partial charge is 0.320 e. The van der Waals surface area contributed by atoms with Crippen molar-refractivity contribution < 1.29 is 4.42 Å². The summed E-state index contributed by atoms with van der Waals surface area (Å²) in [5, 5.41) is 10.6. The van der Waals surface area contributed by atoms with Crippen LogP contribution in [0.15, 0.2) is 28.7 Å². The number of nitrogens with zero attached hydrogens (tertiary/aromatic N) is 2. The van der Waals surface area contributed by atoms with Crippen LogP contribution >= 0.6 is 11.6 Å². The van der Waals surface area contributed by atoms with Crippen LogP contribution < -0.4 is 5.32 Å². The summed E-state index contributed by atoms with van der Waals surface area (Å²) in [6.45, 7) is 3.89. The Morgan fingerprint density at radius 2 is 2.12 bits per heavy atom. The number of nitrogens with one attached hydrogen (secondary N) is 1. The van der Waals surface area contributed by atoms with Crippen LogP contribution in [0.25, 0.3) is 0 Å². The number of alkyl halides is 1. The molecule has 1 atom stereocenters. The molecule has 2 rings (SSSR count). The summed E-state index contributed by atoms with van der Waals surface area (Å²) in [5.41, 5.74) is 2.18. The van der Waals surface area contributed by atoms with Gasteiger partial charge in [0.1, 0.15) is 5.38 Å². The van der Waals surface area contributed by atoms with Crippen molar-refractivity contribution in [2.75, 3.05) is 5.32 Å². The van der Waals surface area contributed by atoms with Crippen LogP contribution in [-0.2, 0) is 6.42 Å². The molecular formula is C12H14ClN3O. The van der Waals surface area contributed by atoms with E-state index in [0.717, 1.165) is 12.1 Å². The molecule has 0 radical (unpaired) electrons. The van der Waals surface area contributed by atoms with E-state index in [1.807, 2.05) is 18.2 Å². The normalized spacial score (nSPS) is 12.4. The van der Waals surface area contributed by atoms with E-state index in [9.17, 15) is 0 Å². The number of benzene rings is 1. The van der Waals surface area contributed by atoms with E-state index in [0.29, 0.717) is 11.9 Å². The Morgan fingerprint density at radius 1 is 1.35 bits per heavy atom. The molecule has 5 heteroatoms. The van der Waals surface area contributed by atoms with Crippen molar-refractivity contribution in [2.45, 2.75) is 25.6 Å². The monoisotopic (exact) mass is 251 g/mol. The van der Waals surface area contributed by atoms with E-state index in [1.54, 1.807) is 6.92 Å². The molecule has 17 heavy (non-hydrogen) atoms. The van der Waals surface area contributed by atoms with Gasteiger partial charge in [-0.2, -0.15) is 0 Å². The molecule has 0 fully saturated rings. The van der Waals surface area contributed by atoms with Crippen molar-refractivity contribution in [1.82, 2.24) is 10.2 Å². The average Bonchev–Trinajstić information content (AvgIpc) is 2.78. The van der Waals surface area contributed by atoms with E-state index in [-0.39, 0.29) is 5.38 Å². The maximum Gasteiger partial charge on any atom is 0.320 e. The van der Waals surface area contributed by atoms with Gasteiger partial charge < -0.3 is 9.73 Å². The third-order valence-corrected chi connectivity index (χ3v) is 2.61. The lowest BCUT2D eigenvalue weighted by Crippen LogP contribution is -1.94. The molecule has 0 spiro atoms. The molecule has 4 nitrogen and oxygen atoms in total. The quantitative estimate of drug-likeness (QED) is 0.843. The van der Waals surface area contributed by atoms with Gasteiger partial charge in [0.25, 0.3) is 0 Å².